The van der Waals surface area contributed by atoms with Crippen LogP contribution in [0, 0.1) is 0 Å². The van der Waals surface area contributed by atoms with Gasteiger partial charge in [-0.3, -0.25) is 9.00 Å². The molecule has 0 amide bonds. The van der Waals surface area contributed by atoms with Crippen LogP contribution in [0.1, 0.15) is 12.8 Å². The summed E-state index contributed by atoms with van der Waals surface area (Å²) in [6.07, 6.45) is 0.496. The van der Waals surface area contributed by atoms with Gasteiger partial charge in [-0.2, -0.15) is 0 Å². The van der Waals surface area contributed by atoms with Gasteiger partial charge in [0.15, 0.2) is 0 Å². The van der Waals surface area contributed by atoms with E-state index in [1.165, 1.54) is 0 Å². The Balaban J connectivity index is 2.18. The molecular weight excluding hydrogens is 268 g/mol. The first-order chi connectivity index (χ1) is 9.11. The van der Waals surface area contributed by atoms with Crippen molar-refractivity contribution >= 4 is 16.8 Å². The fraction of sp³-hybridized carbons (Fsp3) is 0.462. The molecule has 0 aliphatic heterocycles. The van der Waals surface area contributed by atoms with E-state index in [0.717, 1.165) is 5.75 Å². The van der Waals surface area contributed by atoms with Crippen molar-refractivity contribution in [3.63, 3.8) is 0 Å². The minimum Gasteiger partial charge on any atom is -0.497 e. The molecule has 19 heavy (non-hydrogen) atoms. The average molecular weight is 286 g/mol. The zero-order valence-electron chi connectivity index (χ0n) is 10.8. The average Bonchev–Trinajstić information content (AvgIpc) is 2.39. The Bertz CT molecular complexity index is 416. The van der Waals surface area contributed by atoms with Gasteiger partial charge in [-0.05, 0) is 30.7 Å². The number of rotatable bonds is 9. The second kappa shape index (κ2) is 8.53. The highest BCUT2D eigenvalue weighted by Gasteiger charge is 2.03. The summed E-state index contributed by atoms with van der Waals surface area (Å²) in [6, 6.07) is 7.15. The van der Waals surface area contributed by atoms with E-state index in [9.17, 15) is 9.00 Å². The van der Waals surface area contributed by atoms with Crippen LogP contribution >= 0.6 is 0 Å². The van der Waals surface area contributed by atoms with Gasteiger partial charge in [0.2, 0.25) is 0 Å². The smallest absolute Gasteiger partial charge is 0.303 e. The first kappa shape index (κ1) is 15.5. The predicted molar refractivity (Wildman–Crippen MR) is 73.2 cm³/mol. The maximum Gasteiger partial charge on any atom is 0.303 e. The van der Waals surface area contributed by atoms with Crippen molar-refractivity contribution in [1.82, 2.24) is 0 Å². The van der Waals surface area contributed by atoms with Crippen molar-refractivity contribution in [2.75, 3.05) is 25.2 Å². The Morgan fingerprint density at radius 3 is 2.42 bits per heavy atom. The number of carbonyl (C=O) groups is 1. The number of benzene rings is 1. The minimum absolute atomic E-state index is 0.0606. The van der Waals surface area contributed by atoms with Gasteiger partial charge in [-0.25, -0.2) is 0 Å². The highest BCUT2D eigenvalue weighted by molar-refractivity contribution is 7.84. The molecule has 0 aromatic heterocycles. The van der Waals surface area contributed by atoms with Crippen molar-refractivity contribution in [3.05, 3.63) is 24.3 Å². The summed E-state index contributed by atoms with van der Waals surface area (Å²) in [5.74, 6) is 1.41. The van der Waals surface area contributed by atoms with Gasteiger partial charge in [0, 0.05) is 23.0 Å². The highest BCUT2D eigenvalue weighted by Crippen LogP contribution is 2.16. The van der Waals surface area contributed by atoms with Crippen LogP contribution in [0.15, 0.2) is 24.3 Å². The van der Waals surface area contributed by atoms with E-state index in [1.807, 2.05) is 0 Å². The fourth-order valence-corrected chi connectivity index (χ4v) is 2.35. The number of carboxylic acid groups (broad SMARTS) is 1. The third-order valence-electron chi connectivity index (χ3n) is 2.40. The van der Waals surface area contributed by atoms with Gasteiger partial charge in [-0.15, -0.1) is 0 Å². The fourth-order valence-electron chi connectivity index (χ4n) is 1.41. The molecule has 106 valence electrons. The molecule has 0 fully saturated rings. The summed E-state index contributed by atoms with van der Waals surface area (Å²) in [7, 11) is 0.564. The topological polar surface area (TPSA) is 72.8 Å². The van der Waals surface area contributed by atoms with E-state index < -0.39 is 16.8 Å². The lowest BCUT2D eigenvalue weighted by atomic mass is 10.3. The van der Waals surface area contributed by atoms with Crippen LogP contribution < -0.4 is 9.47 Å². The quantitative estimate of drug-likeness (QED) is 0.748. The molecule has 1 rings (SSSR count). The van der Waals surface area contributed by atoms with E-state index in [-0.39, 0.29) is 6.42 Å². The number of aliphatic carboxylic acids is 1. The van der Waals surface area contributed by atoms with Crippen LogP contribution in [0.2, 0.25) is 0 Å². The number of methoxy groups -OCH3 is 1. The van der Waals surface area contributed by atoms with Crippen LogP contribution in [-0.2, 0) is 15.6 Å². The summed E-state index contributed by atoms with van der Waals surface area (Å²) < 4.78 is 22.0. The lowest BCUT2D eigenvalue weighted by Crippen LogP contribution is -2.11. The molecule has 0 radical (unpaired) electrons. The summed E-state index contributed by atoms with van der Waals surface area (Å²) in [5, 5.41) is 8.46. The lowest BCUT2D eigenvalue weighted by molar-refractivity contribution is -0.137. The van der Waals surface area contributed by atoms with Crippen LogP contribution in [0.25, 0.3) is 0 Å². The molecule has 1 atom stereocenters. The van der Waals surface area contributed by atoms with Crippen LogP contribution in [-0.4, -0.2) is 40.5 Å². The molecule has 1 unspecified atom stereocenters. The first-order valence-electron chi connectivity index (χ1n) is 5.95. The highest BCUT2D eigenvalue weighted by atomic mass is 32.2. The Kier molecular flexibility index (Phi) is 6.95. The molecule has 5 nitrogen and oxygen atoms in total. The van der Waals surface area contributed by atoms with E-state index in [1.54, 1.807) is 31.4 Å². The molecule has 0 spiro atoms. The van der Waals surface area contributed by atoms with Gasteiger partial charge in [0.05, 0.1) is 19.5 Å². The Labute approximate surface area is 115 Å². The van der Waals surface area contributed by atoms with E-state index in [2.05, 4.69) is 0 Å². The molecule has 0 saturated carbocycles. The normalized spacial score (nSPS) is 11.8. The summed E-state index contributed by atoms with van der Waals surface area (Å²) in [4.78, 5) is 10.3. The second-order valence-electron chi connectivity index (χ2n) is 3.87. The van der Waals surface area contributed by atoms with Gasteiger partial charge >= 0.3 is 5.97 Å². The molecular formula is C13H18O5S. The largest absolute Gasteiger partial charge is 0.497 e. The zero-order chi connectivity index (χ0) is 14.1. The van der Waals surface area contributed by atoms with Crippen LogP contribution in [0.4, 0.5) is 0 Å². The Morgan fingerprint density at radius 2 is 1.84 bits per heavy atom. The predicted octanol–water partition coefficient (Wildman–Crippen LogP) is 1.69. The molecule has 1 aromatic rings. The molecule has 0 heterocycles. The third-order valence-corrected chi connectivity index (χ3v) is 3.77. The Morgan fingerprint density at radius 1 is 1.21 bits per heavy atom. The first-order valence-corrected chi connectivity index (χ1v) is 7.44. The summed E-state index contributed by atoms with van der Waals surface area (Å²) >= 11 is 0. The van der Waals surface area contributed by atoms with E-state index in [0.29, 0.717) is 30.3 Å². The van der Waals surface area contributed by atoms with Crippen molar-refractivity contribution < 1.29 is 23.6 Å². The molecule has 1 aromatic carbocycles. The SMILES string of the molecule is COc1ccc(OCCS(=O)CCCC(=O)O)cc1. The molecule has 0 saturated heterocycles. The van der Waals surface area contributed by atoms with Gasteiger partial charge in [0.1, 0.15) is 11.5 Å². The zero-order valence-corrected chi connectivity index (χ0v) is 11.6. The van der Waals surface area contributed by atoms with Crippen molar-refractivity contribution in [1.29, 1.82) is 0 Å². The van der Waals surface area contributed by atoms with Crippen LogP contribution in [0.5, 0.6) is 11.5 Å². The molecule has 0 bridgehead atoms. The van der Waals surface area contributed by atoms with Crippen molar-refractivity contribution in [3.8, 4) is 11.5 Å². The Hall–Kier alpha value is -1.56. The minimum atomic E-state index is -1.03. The molecule has 0 aliphatic rings. The van der Waals surface area contributed by atoms with Crippen molar-refractivity contribution in [2.45, 2.75) is 12.8 Å². The molecule has 1 N–H and O–H groups in total. The number of ether oxygens (including phenoxy) is 2. The lowest BCUT2D eigenvalue weighted by Gasteiger charge is -2.06. The van der Waals surface area contributed by atoms with Gasteiger partial charge in [-0.1, -0.05) is 0 Å². The molecule has 6 heteroatoms. The summed E-state index contributed by atoms with van der Waals surface area (Å²) in [5.41, 5.74) is 0. The van der Waals surface area contributed by atoms with E-state index in [4.69, 9.17) is 14.6 Å². The third kappa shape index (κ3) is 6.81. The maximum atomic E-state index is 11.5. The van der Waals surface area contributed by atoms with E-state index >= 15 is 0 Å². The standard InChI is InChI=1S/C13H18O5S/c1-17-11-4-6-12(7-5-11)18-8-10-19(16)9-2-3-13(14)15/h4-7H,2-3,8-10H2,1H3,(H,14,15). The number of hydrogen-bond acceptors (Lipinski definition) is 4. The maximum absolute atomic E-state index is 11.5. The summed E-state index contributed by atoms with van der Waals surface area (Å²) in [6.45, 7) is 0.353. The number of carboxylic acids is 1. The molecule has 0 aliphatic carbocycles. The van der Waals surface area contributed by atoms with Crippen molar-refractivity contribution in [2.24, 2.45) is 0 Å². The van der Waals surface area contributed by atoms with Gasteiger partial charge in [0.25, 0.3) is 0 Å². The second-order valence-corrected chi connectivity index (χ2v) is 5.57. The van der Waals surface area contributed by atoms with Crippen LogP contribution in [0.3, 0.4) is 0 Å². The number of hydrogen-bond donors (Lipinski definition) is 1. The monoisotopic (exact) mass is 286 g/mol. The van der Waals surface area contributed by atoms with Gasteiger partial charge < -0.3 is 14.6 Å².